The maximum atomic E-state index is 12.2. The Labute approximate surface area is 124 Å². The van der Waals surface area contributed by atoms with Crippen molar-refractivity contribution in [1.82, 2.24) is 15.1 Å². The number of rotatable bonds is 3. The van der Waals surface area contributed by atoms with Gasteiger partial charge in [0, 0.05) is 36.0 Å². The van der Waals surface area contributed by atoms with Crippen LogP contribution in [-0.2, 0) is 13.6 Å². The number of hydrogen-bond donors (Lipinski definition) is 2. The number of aromatic nitrogens is 2. The topological polar surface area (TPSA) is 72.9 Å². The summed E-state index contributed by atoms with van der Waals surface area (Å²) in [6.07, 6.45) is 1.76. The van der Waals surface area contributed by atoms with E-state index in [2.05, 4.69) is 22.3 Å². The van der Waals surface area contributed by atoms with Gasteiger partial charge in [-0.2, -0.15) is 5.10 Å². The lowest BCUT2D eigenvalue weighted by atomic mass is 10.1. The van der Waals surface area contributed by atoms with Crippen molar-refractivity contribution in [3.05, 3.63) is 52.8 Å². The number of benzene rings is 1. The number of amides is 1. The predicted molar refractivity (Wildman–Crippen MR) is 81.5 cm³/mol. The summed E-state index contributed by atoms with van der Waals surface area (Å²) in [4.78, 5) is 12.2. The van der Waals surface area contributed by atoms with E-state index in [0.29, 0.717) is 18.7 Å². The third kappa shape index (κ3) is 3.71. The van der Waals surface area contributed by atoms with Gasteiger partial charge in [-0.3, -0.25) is 9.48 Å². The maximum Gasteiger partial charge on any atom is 0.251 e. The van der Waals surface area contributed by atoms with Gasteiger partial charge in [-0.15, -0.1) is 0 Å². The summed E-state index contributed by atoms with van der Waals surface area (Å²) in [5, 5.41) is 7.04. The average molecular weight is 282 g/mol. The van der Waals surface area contributed by atoms with Crippen LogP contribution in [0.2, 0.25) is 0 Å². The molecule has 1 aromatic heterocycles. The minimum absolute atomic E-state index is 0.130. The molecular formula is C16H18N4O. The number of nitrogens with two attached hydrogens (primary N) is 1. The van der Waals surface area contributed by atoms with Crippen LogP contribution in [0.25, 0.3) is 0 Å². The second-order valence-corrected chi connectivity index (χ2v) is 4.65. The molecule has 0 saturated carbocycles. The molecule has 5 heteroatoms. The smallest absolute Gasteiger partial charge is 0.251 e. The van der Waals surface area contributed by atoms with Gasteiger partial charge in [0.05, 0.1) is 12.7 Å². The molecule has 0 unspecified atom stereocenters. The lowest BCUT2D eigenvalue weighted by molar-refractivity contribution is 0.0951. The molecule has 1 heterocycles. The zero-order valence-corrected chi connectivity index (χ0v) is 12.2. The molecule has 1 amide bonds. The quantitative estimate of drug-likeness (QED) is 0.824. The summed E-state index contributed by atoms with van der Waals surface area (Å²) < 4.78 is 1.78. The monoisotopic (exact) mass is 282 g/mol. The van der Waals surface area contributed by atoms with E-state index in [1.54, 1.807) is 23.0 Å². The van der Waals surface area contributed by atoms with Crippen LogP contribution in [0, 0.1) is 18.8 Å². The van der Waals surface area contributed by atoms with Crippen LogP contribution in [0.3, 0.4) is 0 Å². The highest BCUT2D eigenvalue weighted by molar-refractivity contribution is 5.94. The normalized spacial score (nSPS) is 9.86. The molecule has 0 atom stereocenters. The zero-order valence-electron chi connectivity index (χ0n) is 12.2. The number of nitrogens with zero attached hydrogens (tertiary/aromatic N) is 2. The number of nitrogens with one attached hydrogen (secondary N) is 1. The third-order valence-electron chi connectivity index (χ3n) is 3.24. The molecule has 3 N–H and O–H groups in total. The van der Waals surface area contributed by atoms with Gasteiger partial charge in [0.2, 0.25) is 0 Å². The number of carbonyl (C=O) groups excluding carboxylic acids is 1. The highest BCUT2D eigenvalue weighted by Crippen LogP contribution is 2.07. The van der Waals surface area contributed by atoms with Crippen molar-refractivity contribution in [3.8, 4) is 11.8 Å². The van der Waals surface area contributed by atoms with E-state index in [1.807, 2.05) is 26.1 Å². The Bertz CT molecular complexity index is 707. The van der Waals surface area contributed by atoms with Crippen LogP contribution >= 0.6 is 0 Å². The summed E-state index contributed by atoms with van der Waals surface area (Å²) in [5.41, 5.74) is 8.75. The molecular weight excluding hydrogens is 264 g/mol. The molecule has 5 nitrogen and oxygen atoms in total. The summed E-state index contributed by atoms with van der Waals surface area (Å²) in [6.45, 7) is 2.73. The lowest BCUT2D eigenvalue weighted by Crippen LogP contribution is -2.23. The van der Waals surface area contributed by atoms with Crippen LogP contribution in [0.5, 0.6) is 0 Å². The lowest BCUT2D eigenvalue weighted by Gasteiger charge is -2.05. The van der Waals surface area contributed by atoms with Gasteiger partial charge in [-0.1, -0.05) is 17.9 Å². The molecule has 21 heavy (non-hydrogen) atoms. The molecule has 0 aliphatic carbocycles. The van der Waals surface area contributed by atoms with Crippen LogP contribution < -0.4 is 11.1 Å². The highest BCUT2D eigenvalue weighted by Gasteiger charge is 2.08. The van der Waals surface area contributed by atoms with Gasteiger partial charge in [-0.25, -0.2) is 0 Å². The van der Waals surface area contributed by atoms with E-state index in [9.17, 15) is 4.79 Å². The first kappa shape index (κ1) is 14.8. The van der Waals surface area contributed by atoms with Crippen LogP contribution in [-0.4, -0.2) is 22.2 Å². The first-order valence-electron chi connectivity index (χ1n) is 6.66. The van der Waals surface area contributed by atoms with Crippen molar-refractivity contribution in [2.45, 2.75) is 13.5 Å². The third-order valence-corrected chi connectivity index (χ3v) is 3.24. The van der Waals surface area contributed by atoms with Crippen LogP contribution in [0.4, 0.5) is 0 Å². The van der Waals surface area contributed by atoms with E-state index >= 15 is 0 Å². The molecule has 108 valence electrons. The maximum absolute atomic E-state index is 12.2. The molecule has 0 aliphatic rings. The van der Waals surface area contributed by atoms with E-state index < -0.39 is 0 Å². The van der Waals surface area contributed by atoms with E-state index in [4.69, 9.17) is 5.73 Å². The van der Waals surface area contributed by atoms with Gasteiger partial charge in [0.25, 0.3) is 5.91 Å². The molecule has 0 spiro atoms. The number of carbonyl (C=O) groups is 1. The molecule has 2 aromatic rings. The van der Waals surface area contributed by atoms with Crippen LogP contribution in [0.15, 0.2) is 30.5 Å². The van der Waals surface area contributed by atoms with Crippen molar-refractivity contribution in [3.63, 3.8) is 0 Å². The Hall–Kier alpha value is -2.58. The molecule has 2 rings (SSSR count). The predicted octanol–water partition coefficient (Wildman–Crippen LogP) is 0.969. The summed E-state index contributed by atoms with van der Waals surface area (Å²) >= 11 is 0. The summed E-state index contributed by atoms with van der Waals surface area (Å²) in [5.74, 6) is 5.56. The second kappa shape index (κ2) is 6.73. The Morgan fingerprint density at radius 3 is 2.95 bits per heavy atom. The van der Waals surface area contributed by atoms with E-state index in [1.165, 1.54) is 0 Å². The minimum atomic E-state index is -0.130. The van der Waals surface area contributed by atoms with Gasteiger partial charge < -0.3 is 11.1 Å². The number of hydrogen-bond acceptors (Lipinski definition) is 3. The van der Waals surface area contributed by atoms with Crippen molar-refractivity contribution < 1.29 is 4.79 Å². The average Bonchev–Trinajstić information content (AvgIpc) is 2.82. The van der Waals surface area contributed by atoms with Crippen molar-refractivity contribution in [1.29, 1.82) is 0 Å². The Kier molecular flexibility index (Phi) is 4.75. The van der Waals surface area contributed by atoms with E-state index in [0.717, 1.165) is 16.8 Å². The van der Waals surface area contributed by atoms with Gasteiger partial charge in [-0.05, 0) is 25.1 Å². The van der Waals surface area contributed by atoms with Gasteiger partial charge in [0.1, 0.15) is 0 Å². The molecule has 0 fully saturated rings. The van der Waals surface area contributed by atoms with Crippen LogP contribution in [0.1, 0.15) is 27.2 Å². The number of aryl methyl sites for hydroxylation is 1. The Morgan fingerprint density at radius 1 is 1.48 bits per heavy atom. The first-order chi connectivity index (χ1) is 10.1. The summed E-state index contributed by atoms with van der Waals surface area (Å²) in [7, 11) is 1.88. The standard InChI is InChI=1S/C16H18N4O/c1-12-15(11-19-20(12)2)10-18-16(21)14-7-3-5-13(9-14)6-4-8-17/h3,5,7,9,11H,8,10,17H2,1-2H3,(H,18,21). The first-order valence-corrected chi connectivity index (χ1v) is 6.66. The zero-order chi connectivity index (χ0) is 15.2. The molecule has 0 saturated heterocycles. The molecule has 0 aliphatic heterocycles. The Balaban J connectivity index is 2.05. The minimum Gasteiger partial charge on any atom is -0.348 e. The molecule has 1 aromatic carbocycles. The van der Waals surface area contributed by atoms with Crippen molar-refractivity contribution in [2.75, 3.05) is 6.54 Å². The summed E-state index contributed by atoms with van der Waals surface area (Å²) in [6, 6.07) is 7.18. The Morgan fingerprint density at radius 2 is 2.29 bits per heavy atom. The largest absolute Gasteiger partial charge is 0.348 e. The van der Waals surface area contributed by atoms with E-state index in [-0.39, 0.29) is 5.91 Å². The fraction of sp³-hybridized carbons (Fsp3) is 0.250. The SMILES string of the molecule is Cc1c(CNC(=O)c2cccc(C#CCN)c2)cnn1C. The fourth-order valence-corrected chi connectivity index (χ4v) is 1.89. The molecule has 0 bridgehead atoms. The van der Waals surface area contributed by atoms with Gasteiger partial charge in [0.15, 0.2) is 0 Å². The molecule has 0 radical (unpaired) electrons. The van der Waals surface area contributed by atoms with Crippen molar-refractivity contribution in [2.24, 2.45) is 12.8 Å². The van der Waals surface area contributed by atoms with Gasteiger partial charge >= 0.3 is 0 Å². The second-order valence-electron chi connectivity index (χ2n) is 4.65. The fourth-order valence-electron chi connectivity index (χ4n) is 1.89. The highest BCUT2D eigenvalue weighted by atomic mass is 16.1. The van der Waals surface area contributed by atoms with Crippen molar-refractivity contribution >= 4 is 5.91 Å².